The van der Waals surface area contributed by atoms with Crippen LogP contribution in [0.5, 0.6) is 0 Å². The largest absolute Gasteiger partial charge is 0.357 e. The fourth-order valence-electron chi connectivity index (χ4n) is 1.50. The molecule has 84 valence electrons. The monoisotopic (exact) mass is 271 g/mol. The molecule has 0 aliphatic rings. The Morgan fingerprint density at radius 1 is 1.20 bits per heavy atom. The van der Waals surface area contributed by atoms with E-state index in [0.717, 1.165) is 42.2 Å². The molecule has 0 aromatic carbocycles. The Hall–Kier alpha value is -0.640. The lowest BCUT2D eigenvalue weighted by Crippen LogP contribution is -2.23. The van der Waals surface area contributed by atoms with Gasteiger partial charge >= 0.3 is 0 Å². The van der Waals surface area contributed by atoms with Gasteiger partial charge < -0.3 is 4.90 Å². The minimum atomic E-state index is 0.878. The summed E-state index contributed by atoms with van der Waals surface area (Å²) in [6.45, 7) is 8.37. The highest BCUT2D eigenvalue weighted by atomic mass is 79.9. The molecule has 0 bridgehead atoms. The van der Waals surface area contributed by atoms with Crippen LogP contribution in [0.4, 0.5) is 5.82 Å². The van der Waals surface area contributed by atoms with Crippen LogP contribution in [0, 0.1) is 0 Å². The number of aryl methyl sites for hydroxylation is 1. The van der Waals surface area contributed by atoms with Crippen LogP contribution in [0.1, 0.15) is 33.0 Å². The third-order valence-electron chi connectivity index (χ3n) is 2.29. The van der Waals surface area contributed by atoms with E-state index in [9.17, 15) is 0 Å². The van der Waals surface area contributed by atoms with Gasteiger partial charge in [0.15, 0.2) is 0 Å². The van der Waals surface area contributed by atoms with Gasteiger partial charge in [-0.25, -0.2) is 9.97 Å². The molecule has 0 atom stereocenters. The van der Waals surface area contributed by atoms with Crippen molar-refractivity contribution in [2.75, 3.05) is 18.0 Å². The first-order valence-electron chi connectivity index (χ1n) is 5.49. The van der Waals surface area contributed by atoms with Crippen molar-refractivity contribution in [2.45, 2.75) is 33.6 Å². The SMILES string of the molecule is CCCc1nc(Br)cc(N(CC)CC)n1. The number of aromatic nitrogens is 2. The van der Waals surface area contributed by atoms with Crippen molar-refractivity contribution >= 4 is 21.7 Å². The molecule has 0 radical (unpaired) electrons. The standard InChI is InChI=1S/C11H18BrN3/c1-4-7-10-13-9(12)8-11(14-10)15(5-2)6-3/h8H,4-7H2,1-3H3. The Morgan fingerprint density at radius 2 is 1.87 bits per heavy atom. The molecule has 1 rings (SSSR count). The molecule has 1 aromatic heterocycles. The molecule has 3 nitrogen and oxygen atoms in total. The van der Waals surface area contributed by atoms with Gasteiger partial charge in [-0.2, -0.15) is 0 Å². The Kier molecular flexibility index (Phi) is 5.02. The lowest BCUT2D eigenvalue weighted by Gasteiger charge is -2.20. The highest BCUT2D eigenvalue weighted by Crippen LogP contribution is 2.16. The fourth-order valence-corrected chi connectivity index (χ4v) is 1.91. The van der Waals surface area contributed by atoms with Gasteiger partial charge in [-0.05, 0) is 36.2 Å². The highest BCUT2D eigenvalue weighted by molar-refractivity contribution is 9.10. The normalized spacial score (nSPS) is 10.4. The zero-order valence-corrected chi connectivity index (χ0v) is 11.2. The fraction of sp³-hybridized carbons (Fsp3) is 0.636. The first-order chi connectivity index (χ1) is 7.21. The van der Waals surface area contributed by atoms with Crippen LogP contribution in [0.3, 0.4) is 0 Å². The highest BCUT2D eigenvalue weighted by Gasteiger charge is 2.07. The molecule has 0 aliphatic heterocycles. The van der Waals surface area contributed by atoms with Gasteiger partial charge in [-0.3, -0.25) is 0 Å². The van der Waals surface area contributed by atoms with Gasteiger partial charge in [0.25, 0.3) is 0 Å². The molecule has 0 spiro atoms. The minimum Gasteiger partial charge on any atom is -0.357 e. The average molecular weight is 272 g/mol. The topological polar surface area (TPSA) is 29.0 Å². The molecular weight excluding hydrogens is 254 g/mol. The lowest BCUT2D eigenvalue weighted by atomic mass is 10.3. The maximum absolute atomic E-state index is 4.55. The summed E-state index contributed by atoms with van der Waals surface area (Å²) in [5.41, 5.74) is 0. The zero-order valence-electron chi connectivity index (χ0n) is 9.63. The number of nitrogens with zero attached hydrogens (tertiary/aromatic N) is 3. The van der Waals surface area contributed by atoms with E-state index in [-0.39, 0.29) is 0 Å². The van der Waals surface area contributed by atoms with Gasteiger partial charge in [0, 0.05) is 25.6 Å². The van der Waals surface area contributed by atoms with Gasteiger partial charge in [-0.1, -0.05) is 6.92 Å². The van der Waals surface area contributed by atoms with Gasteiger partial charge in [0.05, 0.1) is 0 Å². The summed E-state index contributed by atoms with van der Waals surface area (Å²) in [5.74, 6) is 1.94. The second kappa shape index (κ2) is 6.05. The van der Waals surface area contributed by atoms with Crippen molar-refractivity contribution < 1.29 is 0 Å². The number of halogens is 1. The number of hydrogen-bond donors (Lipinski definition) is 0. The van der Waals surface area contributed by atoms with Crippen molar-refractivity contribution in [2.24, 2.45) is 0 Å². The van der Waals surface area contributed by atoms with E-state index in [4.69, 9.17) is 0 Å². The zero-order chi connectivity index (χ0) is 11.3. The van der Waals surface area contributed by atoms with Crippen LogP contribution in [0.15, 0.2) is 10.7 Å². The van der Waals surface area contributed by atoms with Gasteiger partial charge in [0.2, 0.25) is 0 Å². The number of anilines is 1. The molecule has 1 heterocycles. The second-order valence-corrected chi connectivity index (χ2v) is 4.20. The van der Waals surface area contributed by atoms with Crippen LogP contribution in [-0.4, -0.2) is 23.1 Å². The summed E-state index contributed by atoms with van der Waals surface area (Å²) in [7, 11) is 0. The molecule has 0 aliphatic carbocycles. The molecular formula is C11H18BrN3. The van der Waals surface area contributed by atoms with E-state index in [1.165, 1.54) is 0 Å². The smallest absolute Gasteiger partial charge is 0.133 e. The second-order valence-electron chi connectivity index (χ2n) is 3.39. The number of hydrogen-bond acceptors (Lipinski definition) is 3. The van der Waals surface area contributed by atoms with E-state index in [2.05, 4.69) is 51.6 Å². The Labute approximate surface area is 100 Å². The van der Waals surface area contributed by atoms with Crippen molar-refractivity contribution in [3.05, 3.63) is 16.5 Å². The predicted molar refractivity (Wildman–Crippen MR) is 67.3 cm³/mol. The molecule has 0 saturated carbocycles. The van der Waals surface area contributed by atoms with E-state index in [1.54, 1.807) is 0 Å². The van der Waals surface area contributed by atoms with Crippen molar-refractivity contribution in [1.82, 2.24) is 9.97 Å². The third-order valence-corrected chi connectivity index (χ3v) is 2.69. The molecule has 0 N–H and O–H groups in total. The minimum absolute atomic E-state index is 0.878. The van der Waals surface area contributed by atoms with E-state index in [1.807, 2.05) is 6.07 Å². The third kappa shape index (κ3) is 3.45. The van der Waals surface area contributed by atoms with Gasteiger partial charge in [0.1, 0.15) is 16.2 Å². The number of rotatable bonds is 5. The van der Waals surface area contributed by atoms with E-state index in [0.29, 0.717) is 0 Å². The molecule has 0 fully saturated rings. The first-order valence-corrected chi connectivity index (χ1v) is 6.28. The van der Waals surface area contributed by atoms with Crippen LogP contribution < -0.4 is 4.90 Å². The van der Waals surface area contributed by atoms with Crippen LogP contribution in [0.2, 0.25) is 0 Å². The van der Waals surface area contributed by atoms with Gasteiger partial charge in [-0.15, -0.1) is 0 Å². The Bertz CT molecular complexity index is 311. The van der Waals surface area contributed by atoms with E-state index >= 15 is 0 Å². The summed E-state index contributed by atoms with van der Waals surface area (Å²) < 4.78 is 0.878. The summed E-state index contributed by atoms with van der Waals surface area (Å²) in [6, 6.07) is 1.98. The van der Waals surface area contributed by atoms with Crippen molar-refractivity contribution in [1.29, 1.82) is 0 Å². The molecule has 0 amide bonds. The maximum Gasteiger partial charge on any atom is 0.133 e. The van der Waals surface area contributed by atoms with Crippen molar-refractivity contribution in [3.63, 3.8) is 0 Å². The molecule has 4 heteroatoms. The quantitative estimate of drug-likeness (QED) is 0.771. The average Bonchev–Trinajstić information content (AvgIpc) is 2.19. The predicted octanol–water partition coefficient (Wildman–Crippen LogP) is 3.04. The van der Waals surface area contributed by atoms with Crippen LogP contribution in [0.25, 0.3) is 0 Å². The molecule has 0 saturated heterocycles. The first kappa shape index (κ1) is 12.4. The summed E-state index contributed by atoms with van der Waals surface area (Å²) in [4.78, 5) is 11.1. The lowest BCUT2D eigenvalue weighted by molar-refractivity contribution is 0.792. The Morgan fingerprint density at radius 3 is 2.40 bits per heavy atom. The molecule has 15 heavy (non-hydrogen) atoms. The van der Waals surface area contributed by atoms with Crippen molar-refractivity contribution in [3.8, 4) is 0 Å². The summed E-state index contributed by atoms with van der Waals surface area (Å²) >= 11 is 3.43. The van der Waals surface area contributed by atoms with E-state index < -0.39 is 0 Å². The van der Waals surface area contributed by atoms with Crippen LogP contribution >= 0.6 is 15.9 Å². The molecule has 1 aromatic rings. The molecule has 0 unspecified atom stereocenters. The summed E-state index contributed by atoms with van der Waals surface area (Å²) in [5, 5.41) is 0. The maximum atomic E-state index is 4.55. The van der Waals surface area contributed by atoms with Crippen LogP contribution in [-0.2, 0) is 6.42 Å². The Balaban J connectivity index is 2.96. The summed E-state index contributed by atoms with van der Waals surface area (Å²) in [6.07, 6.45) is 2.02.